The van der Waals surface area contributed by atoms with E-state index in [4.69, 9.17) is 26.8 Å². The molecule has 1 aromatic heterocycles. The highest BCUT2D eigenvalue weighted by Gasteiger charge is 2.09. The van der Waals surface area contributed by atoms with Crippen LogP contribution in [0.5, 0.6) is 17.8 Å². The van der Waals surface area contributed by atoms with Crippen molar-refractivity contribution in [3.63, 3.8) is 0 Å². The number of methoxy groups -OCH3 is 1. The summed E-state index contributed by atoms with van der Waals surface area (Å²) in [4.78, 5) is 11.6. The van der Waals surface area contributed by atoms with Crippen molar-refractivity contribution in [1.29, 1.82) is 0 Å². The molecule has 6 nitrogen and oxygen atoms in total. The van der Waals surface area contributed by atoms with Crippen molar-refractivity contribution in [3.8, 4) is 17.8 Å². The first-order valence-electron chi connectivity index (χ1n) is 5.49. The lowest BCUT2D eigenvalue weighted by Gasteiger charge is -2.09. The van der Waals surface area contributed by atoms with Gasteiger partial charge < -0.3 is 15.2 Å². The van der Waals surface area contributed by atoms with Gasteiger partial charge in [0.1, 0.15) is 5.75 Å². The number of nitrogens with two attached hydrogens (primary N) is 1. The second-order valence-electron chi connectivity index (χ2n) is 3.94. The number of anilines is 1. The number of ether oxygens (including phenoxy) is 2. The Kier molecular flexibility index (Phi) is 3.71. The van der Waals surface area contributed by atoms with Crippen LogP contribution in [-0.2, 0) is 0 Å². The molecule has 0 aliphatic heterocycles. The van der Waals surface area contributed by atoms with Crippen LogP contribution >= 0.6 is 11.6 Å². The van der Waals surface area contributed by atoms with Crippen molar-refractivity contribution in [2.24, 2.45) is 0 Å². The van der Waals surface area contributed by atoms with Gasteiger partial charge in [0.15, 0.2) is 0 Å². The summed E-state index contributed by atoms with van der Waals surface area (Å²) in [5.41, 5.74) is 7.35. The van der Waals surface area contributed by atoms with E-state index in [1.54, 1.807) is 12.1 Å². The molecule has 0 radical (unpaired) electrons. The van der Waals surface area contributed by atoms with E-state index in [0.29, 0.717) is 10.8 Å². The number of rotatable bonds is 3. The van der Waals surface area contributed by atoms with E-state index in [1.165, 1.54) is 7.11 Å². The first-order valence-corrected chi connectivity index (χ1v) is 5.87. The largest absolute Gasteiger partial charge is 0.467 e. The molecule has 1 heterocycles. The quantitative estimate of drug-likeness (QED) is 0.930. The fourth-order valence-electron chi connectivity index (χ4n) is 1.56. The molecule has 1 aromatic carbocycles. The van der Waals surface area contributed by atoms with Gasteiger partial charge in [-0.1, -0.05) is 11.6 Å². The number of aryl methyl sites for hydroxylation is 2. The smallest absolute Gasteiger partial charge is 0.330 e. The third kappa shape index (κ3) is 3.03. The van der Waals surface area contributed by atoms with Crippen LogP contribution in [0.25, 0.3) is 0 Å². The molecule has 2 N–H and O–H groups in total. The van der Waals surface area contributed by atoms with E-state index in [-0.39, 0.29) is 18.0 Å². The zero-order chi connectivity index (χ0) is 14.0. The molecule has 0 saturated heterocycles. The Morgan fingerprint density at radius 3 is 2.21 bits per heavy atom. The number of aromatic nitrogens is 3. The molecule has 0 amide bonds. The lowest BCUT2D eigenvalue weighted by molar-refractivity contribution is 0.360. The third-order valence-electron chi connectivity index (χ3n) is 2.41. The van der Waals surface area contributed by atoms with Crippen LogP contribution in [-0.4, -0.2) is 22.1 Å². The zero-order valence-electron chi connectivity index (χ0n) is 10.8. The maximum atomic E-state index is 6.09. The molecule has 0 saturated carbocycles. The van der Waals surface area contributed by atoms with E-state index in [9.17, 15) is 0 Å². The van der Waals surface area contributed by atoms with E-state index >= 15 is 0 Å². The SMILES string of the molecule is COc1nc(N)nc(Oc2cc(C)c(Cl)c(C)c2)n1. The van der Waals surface area contributed by atoms with Crippen molar-refractivity contribution in [3.05, 3.63) is 28.3 Å². The standard InChI is InChI=1S/C12H13ClN4O2/c1-6-4-8(5-7(2)9(6)13)19-12-16-10(14)15-11(17-12)18-3/h4-5H,1-3H3,(H2,14,15,16,17). The predicted molar refractivity (Wildman–Crippen MR) is 71.8 cm³/mol. The molecule has 100 valence electrons. The third-order valence-corrected chi connectivity index (χ3v) is 3.01. The van der Waals surface area contributed by atoms with Crippen molar-refractivity contribution in [2.75, 3.05) is 12.8 Å². The van der Waals surface area contributed by atoms with Crippen LogP contribution in [0.3, 0.4) is 0 Å². The second-order valence-corrected chi connectivity index (χ2v) is 4.31. The summed E-state index contributed by atoms with van der Waals surface area (Å²) in [6.45, 7) is 3.79. The Hall–Kier alpha value is -2.08. The van der Waals surface area contributed by atoms with Gasteiger partial charge in [0.2, 0.25) is 5.95 Å². The van der Waals surface area contributed by atoms with Gasteiger partial charge in [-0.25, -0.2) is 0 Å². The van der Waals surface area contributed by atoms with E-state index in [1.807, 2.05) is 13.8 Å². The Morgan fingerprint density at radius 1 is 1.05 bits per heavy atom. The fourth-order valence-corrected chi connectivity index (χ4v) is 1.67. The summed E-state index contributed by atoms with van der Waals surface area (Å²) in [5, 5.41) is 0.708. The fraction of sp³-hybridized carbons (Fsp3) is 0.250. The molecule has 0 unspecified atom stereocenters. The van der Waals surface area contributed by atoms with Gasteiger partial charge in [-0.2, -0.15) is 9.97 Å². The van der Waals surface area contributed by atoms with Crippen LogP contribution in [0, 0.1) is 13.8 Å². The van der Waals surface area contributed by atoms with Crippen molar-refractivity contribution in [2.45, 2.75) is 13.8 Å². The van der Waals surface area contributed by atoms with Crippen molar-refractivity contribution in [1.82, 2.24) is 15.0 Å². The zero-order valence-corrected chi connectivity index (χ0v) is 11.5. The van der Waals surface area contributed by atoms with Gasteiger partial charge in [0.25, 0.3) is 0 Å². The van der Waals surface area contributed by atoms with Gasteiger partial charge in [-0.05, 0) is 37.1 Å². The predicted octanol–water partition coefficient (Wildman–Crippen LogP) is 2.52. The summed E-state index contributed by atoms with van der Waals surface area (Å²) < 4.78 is 10.4. The minimum atomic E-state index is 0.0317. The number of hydrogen-bond acceptors (Lipinski definition) is 6. The highest BCUT2D eigenvalue weighted by atomic mass is 35.5. The Labute approximate surface area is 115 Å². The van der Waals surface area contributed by atoms with Gasteiger partial charge in [0.05, 0.1) is 7.11 Å². The first-order chi connectivity index (χ1) is 8.99. The van der Waals surface area contributed by atoms with Gasteiger partial charge in [-0.15, -0.1) is 4.98 Å². The highest BCUT2D eigenvalue weighted by molar-refractivity contribution is 6.32. The molecular formula is C12H13ClN4O2. The molecule has 0 aliphatic rings. The highest BCUT2D eigenvalue weighted by Crippen LogP contribution is 2.28. The minimum Gasteiger partial charge on any atom is -0.467 e. The normalized spacial score (nSPS) is 10.3. The van der Waals surface area contributed by atoms with E-state index in [2.05, 4.69) is 15.0 Å². The Bertz CT molecular complexity index is 596. The van der Waals surface area contributed by atoms with Crippen LogP contribution < -0.4 is 15.2 Å². The molecule has 0 atom stereocenters. The van der Waals surface area contributed by atoms with Gasteiger partial charge >= 0.3 is 12.0 Å². The van der Waals surface area contributed by atoms with Gasteiger partial charge in [-0.3, -0.25) is 0 Å². The Balaban J connectivity index is 2.33. The van der Waals surface area contributed by atoms with Crippen molar-refractivity contribution >= 4 is 17.5 Å². The summed E-state index contributed by atoms with van der Waals surface area (Å²) in [6, 6.07) is 3.76. The van der Waals surface area contributed by atoms with Crippen molar-refractivity contribution < 1.29 is 9.47 Å². The topological polar surface area (TPSA) is 83.2 Å². The molecule has 0 spiro atoms. The lowest BCUT2D eigenvalue weighted by Crippen LogP contribution is -2.03. The average molecular weight is 281 g/mol. The maximum absolute atomic E-state index is 6.09. The second kappa shape index (κ2) is 5.27. The molecule has 0 fully saturated rings. The summed E-state index contributed by atoms with van der Waals surface area (Å²) in [6.07, 6.45) is 0. The van der Waals surface area contributed by atoms with Crippen LogP contribution in [0.1, 0.15) is 11.1 Å². The number of halogens is 1. The van der Waals surface area contributed by atoms with Crippen LogP contribution in [0.4, 0.5) is 5.95 Å². The maximum Gasteiger partial charge on any atom is 0.330 e. The van der Waals surface area contributed by atoms with E-state index in [0.717, 1.165) is 11.1 Å². The summed E-state index contributed by atoms with van der Waals surface area (Å²) >= 11 is 6.09. The first kappa shape index (κ1) is 13.4. The van der Waals surface area contributed by atoms with Crippen LogP contribution in [0.2, 0.25) is 5.02 Å². The average Bonchev–Trinajstić information content (AvgIpc) is 2.35. The minimum absolute atomic E-state index is 0.0317. The molecule has 2 aromatic rings. The number of benzene rings is 1. The molecular weight excluding hydrogens is 268 g/mol. The Morgan fingerprint density at radius 2 is 1.63 bits per heavy atom. The monoisotopic (exact) mass is 280 g/mol. The number of nitrogens with zero attached hydrogens (tertiary/aromatic N) is 3. The molecule has 7 heteroatoms. The number of hydrogen-bond donors (Lipinski definition) is 1. The number of nitrogen functional groups attached to an aromatic ring is 1. The van der Waals surface area contributed by atoms with Gasteiger partial charge in [0, 0.05) is 5.02 Å². The summed E-state index contributed by atoms with van der Waals surface area (Å²) in [5.74, 6) is 0.608. The molecule has 19 heavy (non-hydrogen) atoms. The molecule has 0 bridgehead atoms. The molecule has 2 rings (SSSR count). The summed E-state index contributed by atoms with van der Waals surface area (Å²) in [7, 11) is 1.44. The van der Waals surface area contributed by atoms with Crippen LogP contribution in [0.15, 0.2) is 12.1 Å². The molecule has 0 aliphatic carbocycles. The lowest BCUT2D eigenvalue weighted by atomic mass is 10.1. The van der Waals surface area contributed by atoms with E-state index < -0.39 is 0 Å².